The summed E-state index contributed by atoms with van der Waals surface area (Å²) in [6.07, 6.45) is 19.6. The standard InChI is InChI=1S/C29H44N2O/c1-3-4-5-6-7-8-9-10-11-12-13-14-15-19-29(32)31(25-27-18-16-17-24-30-27)28-22-20-26(2)21-23-28/h16-18,20-24H,3-15,19,25H2,1-2H3. The average Bonchev–Trinajstić information content (AvgIpc) is 2.82. The fraction of sp³-hybridized carbons (Fsp3) is 0.586. The van der Waals surface area contributed by atoms with Crippen LogP contribution in [0.25, 0.3) is 0 Å². The number of carbonyl (C=O) groups is 1. The highest BCUT2D eigenvalue weighted by Gasteiger charge is 2.16. The molecule has 0 saturated carbocycles. The van der Waals surface area contributed by atoms with E-state index in [1.165, 1.54) is 76.2 Å². The summed E-state index contributed by atoms with van der Waals surface area (Å²) < 4.78 is 0. The average molecular weight is 437 g/mol. The monoisotopic (exact) mass is 436 g/mol. The number of aryl methyl sites for hydroxylation is 1. The van der Waals surface area contributed by atoms with Gasteiger partial charge in [0.1, 0.15) is 0 Å². The van der Waals surface area contributed by atoms with Gasteiger partial charge in [0, 0.05) is 18.3 Å². The van der Waals surface area contributed by atoms with Crippen molar-refractivity contribution < 1.29 is 4.79 Å². The molecule has 0 spiro atoms. The summed E-state index contributed by atoms with van der Waals surface area (Å²) in [5.74, 6) is 0.197. The van der Waals surface area contributed by atoms with Crippen molar-refractivity contribution in [1.82, 2.24) is 4.98 Å². The molecule has 0 fully saturated rings. The van der Waals surface area contributed by atoms with Crippen LogP contribution < -0.4 is 4.90 Å². The minimum Gasteiger partial charge on any atom is -0.306 e. The molecule has 0 aliphatic carbocycles. The van der Waals surface area contributed by atoms with Gasteiger partial charge < -0.3 is 4.90 Å². The Kier molecular flexibility index (Phi) is 13.4. The van der Waals surface area contributed by atoms with E-state index in [2.05, 4.69) is 31.0 Å². The van der Waals surface area contributed by atoms with Gasteiger partial charge in [-0.15, -0.1) is 0 Å². The predicted octanol–water partition coefficient (Wildman–Crippen LogP) is 8.40. The molecular weight excluding hydrogens is 392 g/mol. The molecular formula is C29H44N2O. The first-order valence-electron chi connectivity index (χ1n) is 13.0. The van der Waals surface area contributed by atoms with Crippen LogP contribution >= 0.6 is 0 Å². The van der Waals surface area contributed by atoms with Crippen LogP contribution in [0.1, 0.15) is 108 Å². The molecule has 1 aromatic heterocycles. The van der Waals surface area contributed by atoms with Gasteiger partial charge in [-0.3, -0.25) is 9.78 Å². The second-order valence-corrected chi connectivity index (χ2v) is 9.13. The van der Waals surface area contributed by atoms with Gasteiger partial charge in [-0.25, -0.2) is 0 Å². The zero-order chi connectivity index (χ0) is 22.9. The van der Waals surface area contributed by atoms with Gasteiger partial charge in [0.25, 0.3) is 0 Å². The smallest absolute Gasteiger partial charge is 0.227 e. The summed E-state index contributed by atoms with van der Waals surface area (Å²) in [7, 11) is 0. The van der Waals surface area contributed by atoms with Crippen LogP contribution in [0.5, 0.6) is 0 Å². The van der Waals surface area contributed by atoms with Crippen molar-refractivity contribution in [3.05, 3.63) is 59.9 Å². The number of unbranched alkanes of at least 4 members (excludes halogenated alkanes) is 12. The number of benzene rings is 1. The van der Waals surface area contributed by atoms with E-state index in [1.807, 2.05) is 35.2 Å². The van der Waals surface area contributed by atoms with E-state index >= 15 is 0 Å². The van der Waals surface area contributed by atoms with Crippen LogP contribution in [0.15, 0.2) is 48.7 Å². The minimum atomic E-state index is 0.197. The highest BCUT2D eigenvalue weighted by molar-refractivity contribution is 5.93. The maximum atomic E-state index is 13.0. The van der Waals surface area contributed by atoms with Crippen molar-refractivity contribution in [3.8, 4) is 0 Å². The molecule has 3 heteroatoms. The number of nitrogens with zero attached hydrogens (tertiary/aromatic N) is 2. The minimum absolute atomic E-state index is 0.197. The summed E-state index contributed by atoms with van der Waals surface area (Å²) >= 11 is 0. The molecule has 0 aliphatic rings. The lowest BCUT2D eigenvalue weighted by molar-refractivity contribution is -0.118. The van der Waals surface area contributed by atoms with Gasteiger partial charge in [-0.2, -0.15) is 0 Å². The van der Waals surface area contributed by atoms with E-state index in [4.69, 9.17) is 0 Å². The number of rotatable bonds is 17. The summed E-state index contributed by atoms with van der Waals surface area (Å²) in [6.45, 7) is 4.88. The molecule has 32 heavy (non-hydrogen) atoms. The van der Waals surface area contributed by atoms with E-state index in [-0.39, 0.29) is 5.91 Å². The lowest BCUT2D eigenvalue weighted by Crippen LogP contribution is -2.30. The Labute approximate surface area is 196 Å². The first-order valence-corrected chi connectivity index (χ1v) is 13.0. The fourth-order valence-corrected chi connectivity index (χ4v) is 4.13. The summed E-state index contributed by atoms with van der Waals surface area (Å²) in [6, 6.07) is 14.1. The van der Waals surface area contributed by atoms with Gasteiger partial charge in [-0.1, -0.05) is 108 Å². The molecule has 0 bridgehead atoms. The molecule has 1 aromatic carbocycles. The van der Waals surface area contributed by atoms with Crippen molar-refractivity contribution in [3.63, 3.8) is 0 Å². The Morgan fingerprint density at radius 3 is 1.84 bits per heavy atom. The molecule has 1 heterocycles. The normalized spacial score (nSPS) is 10.9. The number of pyridine rings is 1. The van der Waals surface area contributed by atoms with Crippen LogP contribution in [-0.2, 0) is 11.3 Å². The van der Waals surface area contributed by atoms with Gasteiger partial charge in [0.05, 0.1) is 12.2 Å². The molecule has 176 valence electrons. The van der Waals surface area contributed by atoms with Crippen LogP contribution in [0.4, 0.5) is 5.69 Å². The predicted molar refractivity (Wildman–Crippen MR) is 137 cm³/mol. The number of anilines is 1. The molecule has 2 aromatic rings. The first-order chi connectivity index (χ1) is 15.7. The van der Waals surface area contributed by atoms with Gasteiger partial charge in [0.2, 0.25) is 5.91 Å². The number of hydrogen-bond donors (Lipinski definition) is 0. The van der Waals surface area contributed by atoms with Crippen LogP contribution in [0, 0.1) is 6.92 Å². The third-order valence-electron chi connectivity index (χ3n) is 6.19. The number of hydrogen-bond acceptors (Lipinski definition) is 2. The second-order valence-electron chi connectivity index (χ2n) is 9.13. The van der Waals surface area contributed by atoms with Crippen molar-refractivity contribution in [2.45, 2.75) is 110 Å². The Morgan fingerprint density at radius 1 is 0.750 bits per heavy atom. The van der Waals surface area contributed by atoms with Gasteiger partial charge in [-0.05, 0) is 37.6 Å². The molecule has 2 rings (SSSR count). The van der Waals surface area contributed by atoms with Crippen molar-refractivity contribution in [1.29, 1.82) is 0 Å². The molecule has 0 atom stereocenters. The summed E-state index contributed by atoms with van der Waals surface area (Å²) in [5.41, 5.74) is 3.09. The highest BCUT2D eigenvalue weighted by Crippen LogP contribution is 2.20. The fourth-order valence-electron chi connectivity index (χ4n) is 4.13. The van der Waals surface area contributed by atoms with Gasteiger partial charge >= 0.3 is 0 Å². The Morgan fingerprint density at radius 2 is 1.31 bits per heavy atom. The zero-order valence-electron chi connectivity index (χ0n) is 20.5. The summed E-state index contributed by atoms with van der Waals surface area (Å²) in [5, 5.41) is 0. The number of aromatic nitrogens is 1. The SMILES string of the molecule is CCCCCCCCCCCCCCCC(=O)N(Cc1ccccn1)c1ccc(C)cc1. The van der Waals surface area contributed by atoms with E-state index in [1.54, 1.807) is 6.20 Å². The zero-order valence-corrected chi connectivity index (χ0v) is 20.5. The van der Waals surface area contributed by atoms with E-state index < -0.39 is 0 Å². The highest BCUT2D eigenvalue weighted by atomic mass is 16.2. The van der Waals surface area contributed by atoms with Crippen LogP contribution in [0.2, 0.25) is 0 Å². The molecule has 0 unspecified atom stereocenters. The first kappa shape index (κ1) is 26.1. The third kappa shape index (κ3) is 10.9. The van der Waals surface area contributed by atoms with Gasteiger partial charge in [0.15, 0.2) is 0 Å². The van der Waals surface area contributed by atoms with E-state index in [0.29, 0.717) is 13.0 Å². The lowest BCUT2D eigenvalue weighted by atomic mass is 10.0. The molecule has 1 amide bonds. The Hall–Kier alpha value is -2.16. The van der Waals surface area contributed by atoms with Crippen LogP contribution in [-0.4, -0.2) is 10.9 Å². The topological polar surface area (TPSA) is 33.2 Å². The largest absolute Gasteiger partial charge is 0.306 e. The second kappa shape index (κ2) is 16.5. The summed E-state index contributed by atoms with van der Waals surface area (Å²) in [4.78, 5) is 19.3. The molecule has 0 saturated heterocycles. The number of carbonyl (C=O) groups excluding carboxylic acids is 1. The number of amides is 1. The third-order valence-corrected chi connectivity index (χ3v) is 6.19. The molecule has 3 nitrogen and oxygen atoms in total. The lowest BCUT2D eigenvalue weighted by Gasteiger charge is -2.23. The van der Waals surface area contributed by atoms with Crippen molar-refractivity contribution >= 4 is 11.6 Å². The van der Waals surface area contributed by atoms with E-state index in [9.17, 15) is 4.79 Å². The van der Waals surface area contributed by atoms with Crippen molar-refractivity contribution in [2.75, 3.05) is 4.90 Å². The molecule has 0 aliphatic heterocycles. The Balaban J connectivity index is 1.64. The Bertz CT molecular complexity index is 727. The van der Waals surface area contributed by atoms with E-state index in [0.717, 1.165) is 24.2 Å². The van der Waals surface area contributed by atoms with Crippen LogP contribution in [0.3, 0.4) is 0 Å². The maximum absolute atomic E-state index is 13.0. The maximum Gasteiger partial charge on any atom is 0.227 e. The van der Waals surface area contributed by atoms with Crippen molar-refractivity contribution in [2.24, 2.45) is 0 Å². The quantitative estimate of drug-likeness (QED) is 0.233. The molecule has 0 N–H and O–H groups in total. The molecule has 0 radical (unpaired) electrons.